The van der Waals surface area contributed by atoms with Crippen molar-refractivity contribution in [2.45, 2.75) is 67.3 Å². The normalized spacial score (nSPS) is 10.2. The van der Waals surface area contributed by atoms with E-state index in [2.05, 4.69) is 67.4 Å². The van der Waals surface area contributed by atoms with E-state index in [0.29, 0.717) is 11.0 Å². The first kappa shape index (κ1) is 26.3. The summed E-state index contributed by atoms with van der Waals surface area (Å²) < 4.78 is 2.22. The Labute approximate surface area is 202 Å². The number of halogens is 1. The summed E-state index contributed by atoms with van der Waals surface area (Å²) in [6.07, 6.45) is 3.19. The van der Waals surface area contributed by atoms with Crippen molar-refractivity contribution in [3.8, 4) is 22.5 Å². The number of unbranched alkanes of at least 4 members (excludes halogenated alkanes) is 1. The number of nitrogens with one attached hydrogen (secondary N) is 1. The SMILES string of the molecule is CC.CC.CCCCc1nc(Cl)c(C)n1Cc1ccc(-c2ccccc2-c2nn[nH]n2)cc1. The summed E-state index contributed by atoms with van der Waals surface area (Å²) in [6.45, 7) is 13.0. The minimum Gasteiger partial charge on any atom is -0.326 e. The number of hydrogen-bond acceptors (Lipinski definition) is 4. The second-order valence-corrected chi connectivity index (χ2v) is 7.43. The first-order chi connectivity index (χ1) is 16.2. The number of rotatable bonds is 7. The lowest BCUT2D eigenvalue weighted by atomic mass is 9.98. The maximum absolute atomic E-state index is 6.30. The molecule has 0 aliphatic heterocycles. The third-order valence-electron chi connectivity index (χ3n) is 5.12. The van der Waals surface area contributed by atoms with Crippen LogP contribution in [0.15, 0.2) is 48.5 Å². The highest BCUT2D eigenvalue weighted by molar-refractivity contribution is 6.30. The lowest BCUT2D eigenvalue weighted by Crippen LogP contribution is -2.07. The molecule has 0 aliphatic carbocycles. The number of H-pyrrole nitrogens is 1. The van der Waals surface area contributed by atoms with Crippen molar-refractivity contribution in [1.29, 1.82) is 0 Å². The Morgan fingerprint density at radius 3 is 2.21 bits per heavy atom. The molecule has 2 heterocycles. The Morgan fingerprint density at radius 1 is 0.939 bits per heavy atom. The number of nitrogens with zero attached hydrogens (tertiary/aromatic N) is 5. The maximum Gasteiger partial charge on any atom is 0.205 e. The minimum absolute atomic E-state index is 0.592. The smallest absolute Gasteiger partial charge is 0.205 e. The van der Waals surface area contributed by atoms with E-state index in [1.54, 1.807) is 0 Å². The number of tetrazole rings is 1. The van der Waals surface area contributed by atoms with E-state index in [-0.39, 0.29) is 0 Å². The van der Waals surface area contributed by atoms with E-state index in [1.807, 2.05) is 52.8 Å². The lowest BCUT2D eigenvalue weighted by Gasteiger charge is -2.12. The predicted molar refractivity (Wildman–Crippen MR) is 137 cm³/mol. The van der Waals surface area contributed by atoms with Gasteiger partial charge < -0.3 is 4.57 Å². The topological polar surface area (TPSA) is 72.3 Å². The zero-order valence-corrected chi connectivity index (χ0v) is 21.3. The van der Waals surface area contributed by atoms with Crippen molar-refractivity contribution in [2.75, 3.05) is 0 Å². The molecule has 33 heavy (non-hydrogen) atoms. The number of aromatic amines is 1. The number of hydrogen-bond donors (Lipinski definition) is 1. The van der Waals surface area contributed by atoms with Crippen molar-refractivity contribution in [3.63, 3.8) is 0 Å². The van der Waals surface area contributed by atoms with Gasteiger partial charge in [0.1, 0.15) is 11.0 Å². The molecule has 4 rings (SSSR count). The summed E-state index contributed by atoms with van der Waals surface area (Å²) >= 11 is 6.30. The molecule has 0 bridgehead atoms. The highest BCUT2D eigenvalue weighted by Gasteiger charge is 2.13. The highest BCUT2D eigenvalue weighted by Crippen LogP contribution is 2.30. The molecule has 0 aliphatic rings. The molecule has 0 amide bonds. The monoisotopic (exact) mass is 466 g/mol. The van der Waals surface area contributed by atoms with Gasteiger partial charge in [0, 0.05) is 18.5 Å². The number of benzene rings is 2. The third-order valence-corrected chi connectivity index (χ3v) is 5.47. The molecule has 7 heteroatoms. The van der Waals surface area contributed by atoms with Crippen molar-refractivity contribution in [3.05, 3.63) is 70.8 Å². The summed E-state index contributed by atoms with van der Waals surface area (Å²) in [5.41, 5.74) is 5.37. The molecular formula is C26H35ClN6. The van der Waals surface area contributed by atoms with Crippen molar-refractivity contribution >= 4 is 11.6 Å². The van der Waals surface area contributed by atoms with Crippen molar-refractivity contribution in [2.24, 2.45) is 0 Å². The van der Waals surface area contributed by atoms with Gasteiger partial charge >= 0.3 is 0 Å². The molecule has 0 unspecified atom stereocenters. The Hall–Kier alpha value is -2.99. The van der Waals surface area contributed by atoms with Crippen LogP contribution in [0.1, 0.15) is 64.5 Å². The van der Waals surface area contributed by atoms with E-state index < -0.39 is 0 Å². The van der Waals surface area contributed by atoms with Crippen LogP contribution in [0.2, 0.25) is 5.15 Å². The van der Waals surface area contributed by atoms with Crippen LogP contribution in [0.4, 0.5) is 0 Å². The highest BCUT2D eigenvalue weighted by atomic mass is 35.5. The van der Waals surface area contributed by atoms with Crippen LogP contribution >= 0.6 is 11.6 Å². The van der Waals surface area contributed by atoms with E-state index in [9.17, 15) is 0 Å². The third kappa shape index (κ3) is 6.51. The van der Waals surface area contributed by atoms with Crippen LogP contribution in [-0.4, -0.2) is 30.2 Å². The molecule has 0 saturated carbocycles. The number of aromatic nitrogens is 6. The second kappa shape index (κ2) is 13.5. The molecule has 6 nitrogen and oxygen atoms in total. The fraction of sp³-hybridized carbons (Fsp3) is 0.385. The molecule has 176 valence electrons. The number of aryl methyl sites for hydroxylation is 1. The Kier molecular flexibility index (Phi) is 10.8. The lowest BCUT2D eigenvalue weighted by molar-refractivity contribution is 0.667. The zero-order chi connectivity index (χ0) is 24.2. The van der Waals surface area contributed by atoms with Crippen molar-refractivity contribution < 1.29 is 0 Å². The minimum atomic E-state index is 0.592. The van der Waals surface area contributed by atoms with Crippen LogP contribution in [0.5, 0.6) is 0 Å². The molecule has 0 fully saturated rings. The number of imidazole rings is 1. The Balaban J connectivity index is 0.000000914. The standard InChI is InChI=1S/C22H23ClN6.2C2H6/c1-3-4-9-20-24-21(23)15(2)29(20)14-16-10-12-17(13-11-16)18-7-5-6-8-19(18)22-25-27-28-26-22;2*1-2/h5-8,10-13H,3-4,9,14H2,1-2H3,(H,25,26,27,28);2*1-2H3. The summed E-state index contributed by atoms with van der Waals surface area (Å²) in [4.78, 5) is 4.55. The quantitative estimate of drug-likeness (QED) is 0.314. The Bertz CT molecular complexity index is 1080. The van der Waals surface area contributed by atoms with Gasteiger partial charge in [-0.15, -0.1) is 10.2 Å². The van der Waals surface area contributed by atoms with E-state index >= 15 is 0 Å². The van der Waals surface area contributed by atoms with E-state index in [0.717, 1.165) is 54.0 Å². The average molecular weight is 467 g/mol. The zero-order valence-electron chi connectivity index (χ0n) is 20.6. The summed E-state index contributed by atoms with van der Waals surface area (Å²) in [7, 11) is 0. The van der Waals surface area contributed by atoms with Crippen LogP contribution < -0.4 is 0 Å². The molecule has 0 saturated heterocycles. The second-order valence-electron chi connectivity index (χ2n) is 7.07. The maximum atomic E-state index is 6.30. The average Bonchev–Trinajstić information content (AvgIpc) is 3.50. The van der Waals surface area contributed by atoms with Gasteiger partial charge in [0.05, 0.1) is 5.69 Å². The van der Waals surface area contributed by atoms with Crippen LogP contribution in [0, 0.1) is 6.92 Å². The van der Waals surface area contributed by atoms with Gasteiger partial charge in [-0.3, -0.25) is 0 Å². The Morgan fingerprint density at radius 2 is 1.61 bits per heavy atom. The van der Waals surface area contributed by atoms with E-state index in [4.69, 9.17) is 11.6 Å². The van der Waals surface area contributed by atoms with Gasteiger partial charge in [-0.25, -0.2) is 4.98 Å². The van der Waals surface area contributed by atoms with Gasteiger partial charge in [-0.2, -0.15) is 5.21 Å². The van der Waals surface area contributed by atoms with E-state index in [1.165, 1.54) is 5.56 Å². The molecule has 1 N–H and O–H groups in total. The largest absolute Gasteiger partial charge is 0.326 e. The molecule has 0 atom stereocenters. The van der Waals surface area contributed by atoms with Crippen LogP contribution in [0.25, 0.3) is 22.5 Å². The molecule has 4 aromatic rings. The fourth-order valence-corrected chi connectivity index (χ4v) is 3.67. The molecule has 2 aromatic carbocycles. The summed E-state index contributed by atoms with van der Waals surface area (Å²) in [6, 6.07) is 16.6. The van der Waals surface area contributed by atoms with Crippen LogP contribution in [-0.2, 0) is 13.0 Å². The molecule has 0 radical (unpaired) electrons. The van der Waals surface area contributed by atoms with Crippen LogP contribution in [0.3, 0.4) is 0 Å². The first-order valence-corrected chi connectivity index (χ1v) is 12.2. The van der Waals surface area contributed by atoms with Gasteiger partial charge in [0.25, 0.3) is 0 Å². The molecular weight excluding hydrogens is 432 g/mol. The summed E-state index contributed by atoms with van der Waals surface area (Å²) in [5, 5.41) is 15.0. The molecule has 0 spiro atoms. The van der Waals surface area contributed by atoms with Gasteiger partial charge in [-0.1, -0.05) is 101 Å². The van der Waals surface area contributed by atoms with Gasteiger partial charge in [-0.05, 0) is 35.2 Å². The fourth-order valence-electron chi connectivity index (χ4n) is 3.47. The van der Waals surface area contributed by atoms with Gasteiger partial charge in [0.15, 0.2) is 0 Å². The van der Waals surface area contributed by atoms with Gasteiger partial charge in [0.2, 0.25) is 5.82 Å². The predicted octanol–water partition coefficient (Wildman–Crippen LogP) is 7.14. The first-order valence-electron chi connectivity index (χ1n) is 11.8. The van der Waals surface area contributed by atoms with Crippen molar-refractivity contribution in [1.82, 2.24) is 30.2 Å². The molecule has 2 aromatic heterocycles. The summed E-state index contributed by atoms with van der Waals surface area (Å²) in [5.74, 6) is 1.65.